The van der Waals surface area contributed by atoms with Gasteiger partial charge in [-0.25, -0.2) is 9.97 Å². The molecule has 2 aromatic rings. The zero-order chi connectivity index (χ0) is 17.6. The van der Waals surface area contributed by atoms with Gasteiger partial charge in [-0.1, -0.05) is 0 Å². The summed E-state index contributed by atoms with van der Waals surface area (Å²) >= 11 is 0. The Hall–Kier alpha value is -2.83. The summed E-state index contributed by atoms with van der Waals surface area (Å²) in [6, 6.07) is 9.28. The molecule has 1 aromatic carbocycles. The summed E-state index contributed by atoms with van der Waals surface area (Å²) in [6.45, 7) is 1.43. The maximum Gasteiger partial charge on any atom is 0.253 e. The third-order valence-electron chi connectivity index (χ3n) is 4.32. The van der Waals surface area contributed by atoms with Crippen molar-refractivity contribution in [3.63, 3.8) is 0 Å². The Bertz CT molecular complexity index is 713. The van der Waals surface area contributed by atoms with Crippen molar-refractivity contribution in [2.24, 2.45) is 0 Å². The van der Waals surface area contributed by atoms with E-state index in [-0.39, 0.29) is 11.9 Å². The molecule has 1 N–H and O–H groups in total. The molecule has 3 rings (SSSR count). The maximum absolute atomic E-state index is 12.6. The summed E-state index contributed by atoms with van der Waals surface area (Å²) in [5.74, 6) is 2.08. The van der Waals surface area contributed by atoms with Crippen LogP contribution in [0, 0.1) is 0 Å². The lowest BCUT2D eigenvalue weighted by molar-refractivity contribution is 0.0718. The quantitative estimate of drug-likeness (QED) is 0.898. The van der Waals surface area contributed by atoms with Gasteiger partial charge in [0, 0.05) is 30.8 Å². The van der Waals surface area contributed by atoms with Crippen LogP contribution in [0.5, 0.6) is 11.6 Å². The maximum atomic E-state index is 12.6. The first-order valence-electron chi connectivity index (χ1n) is 8.25. The molecule has 1 fully saturated rings. The summed E-state index contributed by atoms with van der Waals surface area (Å²) in [4.78, 5) is 22.7. The van der Waals surface area contributed by atoms with Gasteiger partial charge in [-0.15, -0.1) is 0 Å². The van der Waals surface area contributed by atoms with Crippen LogP contribution in [0.4, 0.5) is 5.82 Å². The van der Waals surface area contributed by atoms with Crippen LogP contribution in [0.15, 0.2) is 36.7 Å². The lowest BCUT2D eigenvalue weighted by atomic mass is 10.0. The third-order valence-corrected chi connectivity index (χ3v) is 4.32. The highest BCUT2D eigenvalue weighted by molar-refractivity contribution is 5.94. The molecule has 0 aliphatic carbocycles. The van der Waals surface area contributed by atoms with Crippen LogP contribution in [0.2, 0.25) is 0 Å². The van der Waals surface area contributed by atoms with Gasteiger partial charge in [-0.05, 0) is 37.1 Å². The first-order valence-corrected chi connectivity index (χ1v) is 8.25. The third kappa shape index (κ3) is 4.17. The molecule has 0 radical (unpaired) electrons. The second-order valence-electron chi connectivity index (χ2n) is 5.88. The van der Waals surface area contributed by atoms with Gasteiger partial charge in [0.25, 0.3) is 5.91 Å². The molecule has 1 aliphatic rings. The van der Waals surface area contributed by atoms with Crippen LogP contribution in [-0.4, -0.2) is 54.1 Å². The lowest BCUT2D eigenvalue weighted by Gasteiger charge is -2.32. The molecule has 7 heteroatoms. The molecule has 1 saturated heterocycles. The van der Waals surface area contributed by atoms with E-state index in [1.165, 1.54) is 6.33 Å². The van der Waals surface area contributed by atoms with Crippen molar-refractivity contribution in [2.75, 3.05) is 32.6 Å². The minimum Gasteiger partial charge on any atom is -0.497 e. The first-order chi connectivity index (χ1) is 12.2. The Balaban J connectivity index is 1.54. The number of nitrogens with zero attached hydrogens (tertiary/aromatic N) is 3. The highest BCUT2D eigenvalue weighted by Gasteiger charge is 2.23. The Morgan fingerprint density at radius 3 is 2.48 bits per heavy atom. The van der Waals surface area contributed by atoms with E-state index < -0.39 is 0 Å². The number of amides is 1. The molecule has 7 nitrogen and oxygen atoms in total. The predicted octanol–water partition coefficient (Wildman–Crippen LogP) is 2.21. The van der Waals surface area contributed by atoms with Gasteiger partial charge in [0.15, 0.2) is 0 Å². The zero-order valence-electron chi connectivity index (χ0n) is 14.4. The zero-order valence-corrected chi connectivity index (χ0v) is 14.4. The molecule has 1 aliphatic heterocycles. The van der Waals surface area contributed by atoms with Crippen LogP contribution in [0.3, 0.4) is 0 Å². The Morgan fingerprint density at radius 1 is 1.12 bits per heavy atom. The minimum atomic E-state index is 0.0600. The molecule has 25 heavy (non-hydrogen) atoms. The second kappa shape index (κ2) is 7.83. The van der Waals surface area contributed by atoms with Crippen molar-refractivity contribution in [3.05, 3.63) is 42.2 Å². The van der Waals surface area contributed by atoms with E-state index in [2.05, 4.69) is 15.3 Å². The minimum absolute atomic E-state index is 0.0600. The van der Waals surface area contributed by atoms with E-state index in [0.29, 0.717) is 24.5 Å². The van der Waals surface area contributed by atoms with Crippen LogP contribution >= 0.6 is 0 Å². The molecular weight excluding hydrogens is 320 g/mol. The van der Waals surface area contributed by atoms with Gasteiger partial charge in [-0.2, -0.15) is 0 Å². The monoisotopic (exact) mass is 342 g/mol. The summed E-state index contributed by atoms with van der Waals surface area (Å²) in [5, 5.41) is 3.38. The molecule has 0 spiro atoms. The Morgan fingerprint density at radius 2 is 1.84 bits per heavy atom. The molecule has 0 atom stereocenters. The van der Waals surface area contributed by atoms with E-state index in [0.717, 1.165) is 24.4 Å². The fourth-order valence-corrected chi connectivity index (χ4v) is 2.88. The summed E-state index contributed by atoms with van der Waals surface area (Å²) < 4.78 is 10.2. The van der Waals surface area contributed by atoms with Crippen LogP contribution in [0.1, 0.15) is 23.2 Å². The van der Waals surface area contributed by atoms with Crippen molar-refractivity contribution in [2.45, 2.75) is 18.9 Å². The molecule has 0 saturated carbocycles. The predicted molar refractivity (Wildman–Crippen MR) is 94.1 cm³/mol. The van der Waals surface area contributed by atoms with Crippen molar-refractivity contribution in [3.8, 4) is 11.6 Å². The number of hydrogen-bond acceptors (Lipinski definition) is 6. The van der Waals surface area contributed by atoms with Gasteiger partial charge in [0.05, 0.1) is 14.2 Å². The van der Waals surface area contributed by atoms with Crippen molar-refractivity contribution in [1.29, 1.82) is 0 Å². The Labute approximate surface area is 147 Å². The van der Waals surface area contributed by atoms with E-state index in [1.54, 1.807) is 32.4 Å². The molecule has 2 heterocycles. The smallest absolute Gasteiger partial charge is 0.253 e. The number of methoxy groups -OCH3 is 2. The molecular formula is C18H22N4O3. The molecule has 1 amide bonds. The summed E-state index contributed by atoms with van der Waals surface area (Å²) in [7, 11) is 3.19. The van der Waals surface area contributed by atoms with E-state index in [9.17, 15) is 4.79 Å². The van der Waals surface area contributed by atoms with E-state index >= 15 is 0 Å². The molecule has 0 bridgehead atoms. The molecule has 1 aromatic heterocycles. The highest BCUT2D eigenvalue weighted by atomic mass is 16.5. The number of anilines is 1. The summed E-state index contributed by atoms with van der Waals surface area (Å²) in [6.07, 6.45) is 3.21. The van der Waals surface area contributed by atoms with Crippen molar-refractivity contribution < 1.29 is 14.3 Å². The van der Waals surface area contributed by atoms with Crippen LogP contribution in [-0.2, 0) is 0 Å². The fourth-order valence-electron chi connectivity index (χ4n) is 2.88. The van der Waals surface area contributed by atoms with Gasteiger partial charge in [0.2, 0.25) is 5.88 Å². The number of nitrogens with one attached hydrogen (secondary N) is 1. The van der Waals surface area contributed by atoms with Gasteiger partial charge in [0.1, 0.15) is 17.9 Å². The fraction of sp³-hybridized carbons (Fsp3) is 0.389. The topological polar surface area (TPSA) is 76.6 Å². The average molecular weight is 342 g/mol. The first kappa shape index (κ1) is 17.0. The van der Waals surface area contributed by atoms with Crippen LogP contribution in [0.25, 0.3) is 0 Å². The number of benzene rings is 1. The number of carbonyl (C=O) groups excluding carboxylic acids is 1. The number of aromatic nitrogens is 2. The molecule has 132 valence electrons. The van der Waals surface area contributed by atoms with Crippen LogP contribution < -0.4 is 14.8 Å². The number of hydrogen-bond donors (Lipinski definition) is 1. The number of piperidine rings is 1. The second-order valence-corrected chi connectivity index (χ2v) is 5.88. The SMILES string of the molecule is COc1ccc(C(=O)N2CCC(Nc3cc(OC)ncn3)CC2)cc1. The van der Waals surface area contributed by atoms with Gasteiger partial charge in [-0.3, -0.25) is 4.79 Å². The van der Waals surface area contributed by atoms with Gasteiger partial charge < -0.3 is 19.7 Å². The Kier molecular flexibility index (Phi) is 5.33. The van der Waals surface area contributed by atoms with Gasteiger partial charge >= 0.3 is 0 Å². The molecule has 0 unspecified atom stereocenters. The number of likely N-dealkylation sites (tertiary alicyclic amines) is 1. The standard InChI is InChI=1S/C18H22N4O3/c1-24-15-5-3-13(4-6-15)18(23)22-9-7-14(8-10-22)21-16-11-17(25-2)20-12-19-16/h3-6,11-12,14H,7-10H2,1-2H3,(H,19,20,21). The number of carbonyl (C=O) groups is 1. The lowest BCUT2D eigenvalue weighted by Crippen LogP contribution is -2.42. The highest BCUT2D eigenvalue weighted by Crippen LogP contribution is 2.19. The summed E-state index contributed by atoms with van der Waals surface area (Å²) in [5.41, 5.74) is 0.688. The largest absolute Gasteiger partial charge is 0.497 e. The number of rotatable bonds is 5. The van der Waals surface area contributed by atoms with E-state index in [1.807, 2.05) is 17.0 Å². The van der Waals surface area contributed by atoms with Crippen molar-refractivity contribution >= 4 is 11.7 Å². The average Bonchev–Trinajstić information content (AvgIpc) is 2.68. The van der Waals surface area contributed by atoms with E-state index in [4.69, 9.17) is 9.47 Å². The normalized spacial score (nSPS) is 14.9. The number of ether oxygens (including phenoxy) is 2. The van der Waals surface area contributed by atoms with Crippen molar-refractivity contribution in [1.82, 2.24) is 14.9 Å².